The Morgan fingerprint density at radius 2 is 1.80 bits per heavy atom. The van der Waals surface area contributed by atoms with Crippen LogP contribution < -0.4 is 20.1 Å². The molecule has 2 aliphatic heterocycles. The summed E-state index contributed by atoms with van der Waals surface area (Å²) in [6.45, 7) is 0.0506. The summed E-state index contributed by atoms with van der Waals surface area (Å²) in [6, 6.07) is 9.13. The predicted octanol–water partition coefficient (Wildman–Crippen LogP) is 4.90. The molecular formula is C38H45N5O8. The molecule has 2 saturated carbocycles. The van der Waals surface area contributed by atoms with Gasteiger partial charge in [-0.05, 0) is 75.6 Å². The van der Waals surface area contributed by atoms with E-state index in [-0.39, 0.29) is 31.4 Å². The summed E-state index contributed by atoms with van der Waals surface area (Å²) in [5.74, 6) is -0.684. The molecule has 0 unspecified atom stereocenters. The minimum Gasteiger partial charge on any atom is -0.497 e. The molecule has 13 heteroatoms. The van der Waals surface area contributed by atoms with E-state index in [1.807, 2.05) is 65.5 Å². The van der Waals surface area contributed by atoms with Gasteiger partial charge in [-0.2, -0.15) is 0 Å². The van der Waals surface area contributed by atoms with Gasteiger partial charge in [-0.3, -0.25) is 9.59 Å². The van der Waals surface area contributed by atoms with Crippen molar-refractivity contribution in [3.05, 3.63) is 60.9 Å². The summed E-state index contributed by atoms with van der Waals surface area (Å²) in [4.78, 5) is 60.4. The van der Waals surface area contributed by atoms with Crippen LogP contribution in [0.15, 0.2) is 60.9 Å². The fraction of sp³-hybridized carbons (Fsp3) is 0.500. The van der Waals surface area contributed by atoms with Gasteiger partial charge >= 0.3 is 12.1 Å². The lowest BCUT2D eigenvalue weighted by Crippen LogP contribution is -2.56. The summed E-state index contributed by atoms with van der Waals surface area (Å²) >= 11 is 0. The Hall–Kier alpha value is -5.07. The van der Waals surface area contributed by atoms with E-state index in [4.69, 9.17) is 19.2 Å². The number of alkyl carbamates (subject to hydrolysis) is 1. The summed E-state index contributed by atoms with van der Waals surface area (Å²) in [5, 5.41) is 16.6. The third-order valence-electron chi connectivity index (χ3n) is 10.6. The van der Waals surface area contributed by atoms with E-state index in [1.54, 1.807) is 7.11 Å². The van der Waals surface area contributed by atoms with Crippen LogP contribution in [-0.4, -0.2) is 86.9 Å². The largest absolute Gasteiger partial charge is 0.497 e. The minimum absolute atomic E-state index is 0.0506. The van der Waals surface area contributed by atoms with Crippen LogP contribution in [0.3, 0.4) is 0 Å². The SMILES string of the molecule is COc1ccc2c(O[C@@H]3C[C@H]4C(=O)N[C@]5(C(=O)O)C[C@H]5/C=C\CCCCC[C@@H](NC(=O)OC5CCCC5)C(=O)N4C3)cc(-n3cccc3)nc2c1. The zero-order chi connectivity index (χ0) is 35.5. The van der Waals surface area contributed by atoms with Crippen molar-refractivity contribution in [2.45, 2.75) is 100 Å². The normalized spacial score (nSPS) is 27.7. The quantitative estimate of drug-likeness (QED) is 0.292. The number of fused-ring (bicyclic) bond motifs is 3. The molecule has 0 radical (unpaired) electrons. The molecule has 2 aliphatic carbocycles. The molecule has 3 aromatic rings. The van der Waals surface area contributed by atoms with Crippen molar-refractivity contribution >= 4 is 34.8 Å². The number of hydrogen-bond acceptors (Lipinski definition) is 8. The average molecular weight is 700 g/mol. The molecule has 5 atom stereocenters. The molecule has 3 amide bonds. The Labute approximate surface area is 296 Å². The van der Waals surface area contributed by atoms with Gasteiger partial charge in [0.1, 0.15) is 47.1 Å². The Morgan fingerprint density at radius 1 is 1.02 bits per heavy atom. The summed E-state index contributed by atoms with van der Waals surface area (Å²) in [6.07, 6.45) is 13.6. The van der Waals surface area contributed by atoms with E-state index in [0.29, 0.717) is 35.7 Å². The van der Waals surface area contributed by atoms with Gasteiger partial charge < -0.3 is 39.4 Å². The van der Waals surface area contributed by atoms with Gasteiger partial charge in [-0.25, -0.2) is 14.6 Å². The van der Waals surface area contributed by atoms with Crippen LogP contribution in [0.25, 0.3) is 16.7 Å². The third kappa shape index (κ3) is 7.38. The zero-order valence-electron chi connectivity index (χ0n) is 28.8. The maximum atomic E-state index is 14.4. The molecule has 2 aromatic heterocycles. The molecule has 4 heterocycles. The number of carbonyl (C=O) groups excluding carboxylic acids is 3. The van der Waals surface area contributed by atoms with Crippen molar-refractivity contribution in [1.29, 1.82) is 0 Å². The molecular weight excluding hydrogens is 654 g/mol. The number of carboxylic acid groups (broad SMARTS) is 1. The number of carboxylic acids is 1. The maximum absolute atomic E-state index is 14.4. The molecule has 3 N–H and O–H groups in total. The van der Waals surface area contributed by atoms with Crippen LogP contribution in [0.1, 0.15) is 70.6 Å². The zero-order valence-corrected chi connectivity index (χ0v) is 28.8. The van der Waals surface area contributed by atoms with Gasteiger partial charge in [0.2, 0.25) is 11.8 Å². The van der Waals surface area contributed by atoms with E-state index in [0.717, 1.165) is 50.3 Å². The van der Waals surface area contributed by atoms with E-state index in [2.05, 4.69) is 10.6 Å². The van der Waals surface area contributed by atoms with Crippen molar-refractivity contribution < 1.29 is 38.5 Å². The van der Waals surface area contributed by atoms with Crippen molar-refractivity contribution in [3.8, 4) is 17.3 Å². The number of ether oxygens (including phenoxy) is 3. The number of pyridine rings is 1. The number of allylic oxidation sites excluding steroid dienone is 1. The van der Waals surface area contributed by atoms with Crippen molar-refractivity contribution in [2.24, 2.45) is 5.92 Å². The number of carbonyl (C=O) groups is 4. The van der Waals surface area contributed by atoms with Crippen LogP contribution in [0.4, 0.5) is 4.79 Å². The fourth-order valence-electron chi connectivity index (χ4n) is 7.67. The Bertz CT molecular complexity index is 1800. The highest BCUT2D eigenvalue weighted by atomic mass is 16.6. The van der Waals surface area contributed by atoms with Gasteiger partial charge in [0.05, 0.1) is 19.2 Å². The number of amides is 3. The maximum Gasteiger partial charge on any atom is 0.408 e. The highest BCUT2D eigenvalue weighted by Gasteiger charge is 2.61. The fourth-order valence-corrected chi connectivity index (χ4v) is 7.67. The first-order valence-corrected chi connectivity index (χ1v) is 18.0. The molecule has 1 saturated heterocycles. The summed E-state index contributed by atoms with van der Waals surface area (Å²) < 4.78 is 19.6. The van der Waals surface area contributed by atoms with Gasteiger partial charge in [0.15, 0.2) is 0 Å². The summed E-state index contributed by atoms with van der Waals surface area (Å²) in [7, 11) is 1.58. The smallest absolute Gasteiger partial charge is 0.408 e. The highest BCUT2D eigenvalue weighted by Crippen LogP contribution is 2.45. The van der Waals surface area contributed by atoms with E-state index < -0.39 is 47.6 Å². The number of benzene rings is 1. The molecule has 7 rings (SSSR count). The Kier molecular flexibility index (Phi) is 9.88. The number of methoxy groups -OCH3 is 1. The number of nitrogens with one attached hydrogen (secondary N) is 2. The van der Waals surface area contributed by atoms with Crippen molar-refractivity contribution in [3.63, 3.8) is 0 Å². The topological polar surface area (TPSA) is 161 Å². The molecule has 0 bridgehead atoms. The van der Waals surface area contributed by atoms with E-state index in [1.165, 1.54) is 4.90 Å². The minimum atomic E-state index is -1.43. The lowest BCUT2D eigenvalue weighted by atomic mass is 10.0. The number of aliphatic carboxylic acids is 1. The van der Waals surface area contributed by atoms with Crippen LogP contribution in [0.2, 0.25) is 0 Å². The number of aromatic nitrogens is 2. The predicted molar refractivity (Wildman–Crippen MR) is 187 cm³/mol. The molecule has 51 heavy (non-hydrogen) atoms. The van der Waals surface area contributed by atoms with Gasteiger partial charge in [-0.15, -0.1) is 0 Å². The van der Waals surface area contributed by atoms with Gasteiger partial charge in [0.25, 0.3) is 0 Å². The lowest BCUT2D eigenvalue weighted by Gasteiger charge is -2.29. The number of rotatable bonds is 7. The van der Waals surface area contributed by atoms with E-state index in [9.17, 15) is 24.3 Å². The van der Waals surface area contributed by atoms with Crippen molar-refractivity contribution in [1.82, 2.24) is 25.1 Å². The standard InChI is InChI=1S/C38H45N5O8/c1-49-26-15-16-28-30(19-26)39-33(42-17-9-10-18-42)21-32(28)50-27-20-31-34(44)41-38(36(46)47)22-24(38)11-5-3-2-4-6-14-29(35(45)43(31)23-27)40-37(48)51-25-12-7-8-13-25/h5,9-11,15-19,21,24-25,27,29,31H,2-4,6-8,12-14,20,22-23H2,1H3,(H,40,48)(H,41,44)(H,46,47)/b11-5-/t24-,27-,29-,31+,38-/m1/s1. The van der Waals surface area contributed by atoms with Crippen LogP contribution in [0, 0.1) is 5.92 Å². The van der Waals surface area contributed by atoms with Crippen molar-refractivity contribution in [2.75, 3.05) is 13.7 Å². The molecule has 13 nitrogen and oxygen atoms in total. The van der Waals surface area contributed by atoms with Gasteiger partial charge in [-0.1, -0.05) is 25.0 Å². The highest BCUT2D eigenvalue weighted by molar-refractivity contribution is 5.96. The lowest BCUT2D eigenvalue weighted by molar-refractivity contribution is -0.145. The second-order valence-corrected chi connectivity index (χ2v) is 14.1. The number of nitrogens with zero attached hydrogens (tertiary/aromatic N) is 3. The average Bonchev–Trinajstić information content (AvgIpc) is 3.61. The first-order valence-electron chi connectivity index (χ1n) is 18.0. The monoisotopic (exact) mass is 699 g/mol. The number of hydrogen-bond donors (Lipinski definition) is 3. The third-order valence-corrected chi connectivity index (χ3v) is 10.6. The Morgan fingerprint density at radius 3 is 2.57 bits per heavy atom. The van der Waals surface area contributed by atoms with Crippen LogP contribution in [-0.2, 0) is 19.1 Å². The van der Waals surface area contributed by atoms with Crippen LogP contribution in [0.5, 0.6) is 11.5 Å². The molecule has 4 aliphatic rings. The molecule has 3 fully saturated rings. The second-order valence-electron chi connectivity index (χ2n) is 14.1. The second kappa shape index (κ2) is 14.7. The summed E-state index contributed by atoms with van der Waals surface area (Å²) in [5.41, 5.74) is -0.797. The molecule has 270 valence electrons. The Balaban J connectivity index is 1.20. The van der Waals surface area contributed by atoms with Gasteiger partial charge in [0, 0.05) is 42.3 Å². The first-order chi connectivity index (χ1) is 24.7. The van der Waals surface area contributed by atoms with Crippen LogP contribution >= 0.6 is 0 Å². The molecule has 0 spiro atoms. The molecule has 1 aromatic carbocycles. The van der Waals surface area contributed by atoms with E-state index >= 15 is 0 Å². The first kappa shape index (κ1) is 34.4.